The Balaban J connectivity index is 1.78. The van der Waals surface area contributed by atoms with Gasteiger partial charge in [-0.25, -0.2) is 0 Å². The molecule has 170 valence electrons. The van der Waals surface area contributed by atoms with E-state index >= 15 is 0 Å². The summed E-state index contributed by atoms with van der Waals surface area (Å²) in [5.41, 5.74) is 2.13. The molecule has 32 heavy (non-hydrogen) atoms. The van der Waals surface area contributed by atoms with Gasteiger partial charge in [0.05, 0.1) is 19.9 Å². The Labute approximate surface area is 202 Å². The highest BCUT2D eigenvalue weighted by atomic mass is 79.9. The second-order valence-corrected chi connectivity index (χ2v) is 9.59. The van der Waals surface area contributed by atoms with Gasteiger partial charge in [0.15, 0.2) is 17.3 Å². The Bertz CT molecular complexity index is 1030. The molecule has 0 atom stereocenters. The number of halogens is 1. The summed E-state index contributed by atoms with van der Waals surface area (Å²) in [6.45, 7) is 7.00. The molecular weight excluding hydrogens is 488 g/mol. The molecule has 1 aromatic heterocycles. The van der Waals surface area contributed by atoms with Gasteiger partial charge in [0.1, 0.15) is 0 Å². The van der Waals surface area contributed by atoms with E-state index in [1.165, 1.54) is 5.56 Å². The molecule has 2 aromatic carbocycles. The van der Waals surface area contributed by atoms with Gasteiger partial charge in [0.25, 0.3) is 0 Å². The normalized spacial score (nSPS) is 11.4. The highest BCUT2D eigenvalue weighted by Gasteiger charge is 2.12. The van der Waals surface area contributed by atoms with E-state index in [-0.39, 0.29) is 0 Å². The molecule has 3 aromatic rings. The van der Waals surface area contributed by atoms with Gasteiger partial charge in [0.2, 0.25) is 5.16 Å². The fourth-order valence-corrected chi connectivity index (χ4v) is 4.00. The molecule has 0 fully saturated rings. The van der Waals surface area contributed by atoms with Crippen molar-refractivity contribution in [3.63, 3.8) is 0 Å². The maximum atomic E-state index is 5.85. The van der Waals surface area contributed by atoms with Crippen LogP contribution in [0.25, 0.3) is 0 Å². The minimum Gasteiger partial charge on any atom is -0.493 e. The zero-order chi connectivity index (χ0) is 22.9. The van der Waals surface area contributed by atoms with Crippen molar-refractivity contribution in [2.24, 2.45) is 11.0 Å². The fourth-order valence-electron chi connectivity index (χ4n) is 2.87. The van der Waals surface area contributed by atoms with E-state index in [4.69, 9.17) is 14.6 Å². The average Bonchev–Trinajstić information content (AvgIpc) is 3.17. The molecule has 6 nitrogen and oxygen atoms in total. The van der Waals surface area contributed by atoms with Gasteiger partial charge in [-0.05, 0) is 53.8 Å². The monoisotopic (exact) mass is 516 g/mol. The Hall–Kier alpha value is -2.32. The van der Waals surface area contributed by atoms with E-state index < -0.39 is 0 Å². The number of ether oxygens (including phenoxy) is 2. The molecule has 0 aliphatic rings. The van der Waals surface area contributed by atoms with Crippen molar-refractivity contribution in [1.29, 1.82) is 0 Å². The third-order valence-electron chi connectivity index (χ3n) is 4.51. The SMILES string of the molecule is CCCc1nnc(SCc2ccc(Br)cc2)n1/N=C/c1ccc(OCC(C)C)c(OC)c1. The van der Waals surface area contributed by atoms with Gasteiger partial charge in [-0.2, -0.15) is 9.78 Å². The summed E-state index contributed by atoms with van der Waals surface area (Å²) in [7, 11) is 1.65. The lowest BCUT2D eigenvalue weighted by molar-refractivity contribution is 0.257. The van der Waals surface area contributed by atoms with Crippen LogP contribution >= 0.6 is 27.7 Å². The number of hydrogen-bond acceptors (Lipinski definition) is 6. The molecule has 0 saturated carbocycles. The Morgan fingerprint density at radius 3 is 2.59 bits per heavy atom. The van der Waals surface area contributed by atoms with E-state index in [1.54, 1.807) is 25.1 Å². The summed E-state index contributed by atoms with van der Waals surface area (Å²) in [4.78, 5) is 0. The van der Waals surface area contributed by atoms with Crippen molar-refractivity contribution in [2.45, 2.75) is 44.5 Å². The lowest BCUT2D eigenvalue weighted by atomic mass is 10.2. The number of aryl methyl sites for hydroxylation is 1. The van der Waals surface area contributed by atoms with Crippen LogP contribution in [0, 0.1) is 5.92 Å². The highest BCUT2D eigenvalue weighted by molar-refractivity contribution is 9.10. The number of benzene rings is 2. The standard InChI is InChI=1S/C24H29BrN4O2S/c1-5-6-23-27-28-24(32-16-18-7-10-20(25)11-8-18)29(23)26-14-19-9-12-21(22(13-19)30-4)31-15-17(2)3/h7-14,17H,5-6,15-16H2,1-4H3/b26-14+. The van der Waals surface area contributed by atoms with Crippen LogP contribution in [0.2, 0.25) is 0 Å². The van der Waals surface area contributed by atoms with Crippen molar-refractivity contribution in [2.75, 3.05) is 13.7 Å². The summed E-state index contributed by atoms with van der Waals surface area (Å²) < 4.78 is 14.3. The van der Waals surface area contributed by atoms with Gasteiger partial charge < -0.3 is 9.47 Å². The first-order chi connectivity index (χ1) is 15.5. The maximum absolute atomic E-state index is 5.85. The third-order valence-corrected chi connectivity index (χ3v) is 6.03. The van der Waals surface area contributed by atoms with Crippen molar-refractivity contribution in [3.05, 3.63) is 63.9 Å². The van der Waals surface area contributed by atoms with E-state index in [2.05, 4.69) is 59.0 Å². The fraction of sp³-hybridized carbons (Fsp3) is 0.375. The lowest BCUT2D eigenvalue weighted by Gasteiger charge is -2.12. The van der Waals surface area contributed by atoms with Crippen molar-refractivity contribution in [3.8, 4) is 11.5 Å². The van der Waals surface area contributed by atoms with Crippen LogP contribution < -0.4 is 9.47 Å². The van der Waals surface area contributed by atoms with E-state index in [1.807, 2.05) is 35.0 Å². The highest BCUT2D eigenvalue weighted by Crippen LogP contribution is 2.28. The van der Waals surface area contributed by atoms with E-state index in [0.717, 1.165) is 45.4 Å². The molecule has 1 heterocycles. The van der Waals surface area contributed by atoms with Crippen LogP contribution in [0.1, 0.15) is 44.1 Å². The quantitative estimate of drug-likeness (QED) is 0.224. The van der Waals surface area contributed by atoms with Crippen LogP contribution in [-0.2, 0) is 12.2 Å². The number of thioether (sulfide) groups is 1. The first-order valence-electron chi connectivity index (χ1n) is 10.7. The summed E-state index contributed by atoms with van der Waals surface area (Å²) in [6.07, 6.45) is 3.59. The first-order valence-corrected chi connectivity index (χ1v) is 12.4. The zero-order valence-corrected chi connectivity index (χ0v) is 21.3. The zero-order valence-electron chi connectivity index (χ0n) is 18.9. The van der Waals surface area contributed by atoms with Crippen LogP contribution in [0.15, 0.2) is 57.2 Å². The minimum atomic E-state index is 0.444. The van der Waals surface area contributed by atoms with Gasteiger partial charge in [-0.3, -0.25) is 0 Å². The molecule has 0 N–H and O–H groups in total. The van der Waals surface area contributed by atoms with Crippen LogP contribution in [0.4, 0.5) is 0 Å². The third kappa shape index (κ3) is 6.84. The number of nitrogens with zero attached hydrogens (tertiary/aromatic N) is 4. The molecule has 0 aliphatic carbocycles. The summed E-state index contributed by atoms with van der Waals surface area (Å²) in [5.74, 6) is 3.52. The molecule has 0 saturated heterocycles. The van der Waals surface area contributed by atoms with Crippen LogP contribution in [0.3, 0.4) is 0 Å². The largest absolute Gasteiger partial charge is 0.493 e. The van der Waals surface area contributed by atoms with Crippen molar-refractivity contribution >= 4 is 33.9 Å². The topological polar surface area (TPSA) is 61.5 Å². The number of methoxy groups -OCH3 is 1. The predicted molar refractivity (Wildman–Crippen MR) is 134 cm³/mol. The summed E-state index contributed by atoms with van der Waals surface area (Å²) >= 11 is 5.10. The second-order valence-electron chi connectivity index (χ2n) is 7.74. The van der Waals surface area contributed by atoms with E-state index in [9.17, 15) is 0 Å². The predicted octanol–water partition coefficient (Wildman–Crippen LogP) is 6.21. The molecule has 0 bridgehead atoms. The van der Waals surface area contributed by atoms with Gasteiger partial charge in [-0.1, -0.05) is 60.6 Å². The smallest absolute Gasteiger partial charge is 0.212 e. The van der Waals surface area contributed by atoms with Gasteiger partial charge in [-0.15, -0.1) is 10.2 Å². The number of rotatable bonds is 11. The maximum Gasteiger partial charge on any atom is 0.212 e. The molecule has 3 rings (SSSR count). The lowest BCUT2D eigenvalue weighted by Crippen LogP contribution is -2.05. The average molecular weight is 517 g/mol. The Morgan fingerprint density at radius 2 is 1.91 bits per heavy atom. The van der Waals surface area contributed by atoms with Crippen molar-refractivity contribution in [1.82, 2.24) is 14.9 Å². The second kappa shape index (κ2) is 12.1. The molecule has 0 unspecified atom stereocenters. The van der Waals surface area contributed by atoms with E-state index in [0.29, 0.717) is 18.3 Å². The molecule has 8 heteroatoms. The number of aromatic nitrogens is 3. The summed E-state index contributed by atoms with van der Waals surface area (Å²) in [5, 5.41) is 14.2. The van der Waals surface area contributed by atoms with Crippen LogP contribution in [-0.4, -0.2) is 34.8 Å². The van der Waals surface area contributed by atoms with Gasteiger partial charge in [0, 0.05) is 16.6 Å². The molecule has 0 spiro atoms. The molecular formula is C24H29BrN4O2S. The first kappa shape index (κ1) is 24.3. The minimum absolute atomic E-state index is 0.444. The Morgan fingerprint density at radius 1 is 1.12 bits per heavy atom. The Kier molecular flexibility index (Phi) is 9.17. The van der Waals surface area contributed by atoms with Crippen LogP contribution in [0.5, 0.6) is 11.5 Å². The number of hydrogen-bond donors (Lipinski definition) is 0. The van der Waals surface area contributed by atoms with Gasteiger partial charge >= 0.3 is 0 Å². The molecule has 0 radical (unpaired) electrons. The van der Waals surface area contributed by atoms with Crippen molar-refractivity contribution < 1.29 is 9.47 Å². The molecule has 0 aliphatic heterocycles. The summed E-state index contributed by atoms with van der Waals surface area (Å²) in [6, 6.07) is 14.1. The molecule has 0 amide bonds.